The van der Waals surface area contributed by atoms with Crippen LogP contribution < -0.4 is 5.32 Å². The SMILES string of the molecule is O=C(Nc1ccc(Br)c(C(F)(F)F)c1)c1ccc(-n2cncn2)c([N+](=O)[O-])c1. The molecule has 1 aromatic heterocycles. The smallest absolute Gasteiger partial charge is 0.322 e. The molecule has 0 bridgehead atoms. The highest BCUT2D eigenvalue weighted by molar-refractivity contribution is 9.10. The predicted octanol–water partition coefficient (Wildman–Crippen LogP) is 4.21. The van der Waals surface area contributed by atoms with Crippen molar-refractivity contribution in [1.82, 2.24) is 14.8 Å². The maximum atomic E-state index is 13.0. The molecule has 0 unspecified atom stereocenters. The number of carbonyl (C=O) groups excluding carboxylic acids is 1. The molecule has 0 spiro atoms. The summed E-state index contributed by atoms with van der Waals surface area (Å²) < 4.78 is 39.9. The Kier molecular flexibility index (Phi) is 5.14. The van der Waals surface area contributed by atoms with Crippen molar-refractivity contribution in [2.24, 2.45) is 0 Å². The molecule has 144 valence electrons. The number of nitrogens with zero attached hydrogens (tertiary/aromatic N) is 4. The third kappa shape index (κ3) is 4.01. The van der Waals surface area contributed by atoms with Crippen LogP contribution in [0.1, 0.15) is 15.9 Å². The zero-order valence-electron chi connectivity index (χ0n) is 13.6. The number of nitrogens with one attached hydrogen (secondary N) is 1. The Hall–Kier alpha value is -3.28. The Bertz CT molecular complexity index is 1050. The number of rotatable bonds is 4. The van der Waals surface area contributed by atoms with Crippen LogP contribution in [-0.2, 0) is 6.18 Å². The molecule has 28 heavy (non-hydrogen) atoms. The summed E-state index contributed by atoms with van der Waals surface area (Å²) in [5.74, 6) is -0.802. The van der Waals surface area contributed by atoms with Crippen molar-refractivity contribution in [2.45, 2.75) is 6.18 Å². The van der Waals surface area contributed by atoms with Gasteiger partial charge in [-0.25, -0.2) is 9.67 Å². The van der Waals surface area contributed by atoms with Crippen molar-refractivity contribution < 1.29 is 22.9 Å². The summed E-state index contributed by atoms with van der Waals surface area (Å²) in [5, 5.41) is 17.4. The molecule has 0 saturated heterocycles. The fourth-order valence-corrected chi connectivity index (χ4v) is 2.83. The van der Waals surface area contributed by atoms with Gasteiger partial charge in [0.15, 0.2) is 0 Å². The first kappa shape index (κ1) is 19.5. The van der Waals surface area contributed by atoms with Gasteiger partial charge in [0.05, 0.1) is 10.5 Å². The standard InChI is InChI=1S/C16H9BrF3N5O3/c17-12-3-2-10(6-11(12)16(18,19)20)23-15(26)9-1-4-13(14(5-9)25(27)28)24-8-21-7-22-24/h1-8H,(H,23,26). The van der Waals surface area contributed by atoms with Crippen molar-refractivity contribution in [3.63, 3.8) is 0 Å². The highest BCUT2D eigenvalue weighted by Crippen LogP contribution is 2.36. The van der Waals surface area contributed by atoms with Crippen molar-refractivity contribution in [3.8, 4) is 5.69 Å². The van der Waals surface area contributed by atoms with Gasteiger partial charge < -0.3 is 5.32 Å². The van der Waals surface area contributed by atoms with Gasteiger partial charge in [0.1, 0.15) is 18.3 Å². The van der Waals surface area contributed by atoms with E-state index in [0.717, 1.165) is 22.9 Å². The minimum absolute atomic E-state index is 0.0852. The Labute approximate surface area is 163 Å². The van der Waals surface area contributed by atoms with Crippen LogP contribution in [0, 0.1) is 10.1 Å². The van der Waals surface area contributed by atoms with Crippen molar-refractivity contribution in [1.29, 1.82) is 0 Å². The first-order valence-corrected chi connectivity index (χ1v) is 8.27. The Balaban J connectivity index is 1.91. The first-order valence-electron chi connectivity index (χ1n) is 7.48. The second-order valence-electron chi connectivity index (χ2n) is 5.45. The third-order valence-electron chi connectivity index (χ3n) is 3.63. The van der Waals surface area contributed by atoms with Crippen LogP contribution >= 0.6 is 15.9 Å². The lowest BCUT2D eigenvalue weighted by Crippen LogP contribution is -2.14. The van der Waals surface area contributed by atoms with Gasteiger partial charge in [0.25, 0.3) is 11.6 Å². The number of hydrogen-bond acceptors (Lipinski definition) is 5. The Morgan fingerprint density at radius 1 is 1.21 bits per heavy atom. The minimum Gasteiger partial charge on any atom is -0.322 e. The largest absolute Gasteiger partial charge is 0.417 e. The molecule has 1 amide bonds. The quantitative estimate of drug-likeness (QED) is 0.468. The lowest BCUT2D eigenvalue weighted by molar-refractivity contribution is -0.384. The predicted molar refractivity (Wildman–Crippen MR) is 95.1 cm³/mol. The average Bonchev–Trinajstić information content (AvgIpc) is 3.16. The zero-order chi connectivity index (χ0) is 20.5. The number of anilines is 1. The van der Waals surface area contributed by atoms with Gasteiger partial charge in [0, 0.05) is 21.8 Å². The summed E-state index contributed by atoms with van der Waals surface area (Å²) in [5.41, 5.74) is -1.50. The lowest BCUT2D eigenvalue weighted by atomic mass is 10.1. The maximum Gasteiger partial charge on any atom is 0.417 e. The molecule has 0 saturated carbocycles. The molecule has 1 heterocycles. The average molecular weight is 456 g/mol. The second-order valence-corrected chi connectivity index (χ2v) is 6.30. The van der Waals surface area contributed by atoms with Crippen LogP contribution in [0.2, 0.25) is 0 Å². The molecule has 3 rings (SSSR count). The summed E-state index contributed by atoms with van der Waals surface area (Å²) in [6, 6.07) is 6.79. The number of benzene rings is 2. The summed E-state index contributed by atoms with van der Waals surface area (Å²) in [7, 11) is 0. The molecule has 0 radical (unpaired) electrons. The molecule has 12 heteroatoms. The molecule has 0 aliphatic rings. The van der Waals surface area contributed by atoms with Crippen LogP contribution in [-0.4, -0.2) is 25.6 Å². The number of hydrogen-bond donors (Lipinski definition) is 1. The van der Waals surface area contributed by atoms with E-state index in [1.807, 2.05) is 0 Å². The summed E-state index contributed by atoms with van der Waals surface area (Å²) in [4.78, 5) is 26.7. The van der Waals surface area contributed by atoms with Gasteiger partial charge in [-0.15, -0.1) is 0 Å². The molecule has 0 atom stereocenters. The van der Waals surface area contributed by atoms with E-state index in [0.29, 0.717) is 0 Å². The summed E-state index contributed by atoms with van der Waals surface area (Å²) >= 11 is 2.81. The van der Waals surface area contributed by atoms with Crippen molar-refractivity contribution in [3.05, 3.63) is 74.8 Å². The number of nitro groups is 1. The van der Waals surface area contributed by atoms with Gasteiger partial charge >= 0.3 is 6.18 Å². The van der Waals surface area contributed by atoms with Crippen LogP contribution in [0.5, 0.6) is 0 Å². The monoisotopic (exact) mass is 455 g/mol. The highest BCUT2D eigenvalue weighted by Gasteiger charge is 2.33. The van der Waals surface area contributed by atoms with Crippen molar-refractivity contribution >= 4 is 33.2 Å². The van der Waals surface area contributed by atoms with Crippen LogP contribution in [0.4, 0.5) is 24.5 Å². The highest BCUT2D eigenvalue weighted by atomic mass is 79.9. The molecule has 0 aliphatic heterocycles. The third-order valence-corrected chi connectivity index (χ3v) is 4.32. The van der Waals surface area contributed by atoms with E-state index in [-0.39, 0.29) is 21.4 Å². The lowest BCUT2D eigenvalue weighted by Gasteiger charge is -2.12. The van der Waals surface area contributed by atoms with Gasteiger partial charge in [-0.1, -0.05) is 15.9 Å². The van der Waals surface area contributed by atoms with E-state index in [9.17, 15) is 28.1 Å². The van der Waals surface area contributed by atoms with Crippen LogP contribution in [0.15, 0.2) is 53.5 Å². The van der Waals surface area contributed by atoms with E-state index < -0.39 is 28.3 Å². The summed E-state index contributed by atoms with van der Waals surface area (Å²) in [6.45, 7) is 0. The van der Waals surface area contributed by atoms with E-state index in [2.05, 4.69) is 31.3 Å². The molecule has 2 aromatic carbocycles. The molecule has 3 aromatic rings. The zero-order valence-corrected chi connectivity index (χ0v) is 15.2. The molecule has 1 N–H and O–H groups in total. The molecule has 0 aliphatic carbocycles. The Morgan fingerprint density at radius 2 is 1.96 bits per heavy atom. The number of halogens is 4. The fraction of sp³-hybridized carbons (Fsp3) is 0.0625. The van der Waals surface area contributed by atoms with Gasteiger partial charge in [-0.3, -0.25) is 14.9 Å². The minimum atomic E-state index is -4.61. The van der Waals surface area contributed by atoms with Crippen molar-refractivity contribution in [2.75, 3.05) is 5.32 Å². The van der Waals surface area contributed by atoms with Gasteiger partial charge in [-0.05, 0) is 30.3 Å². The summed E-state index contributed by atoms with van der Waals surface area (Å²) in [6.07, 6.45) is -2.17. The number of amides is 1. The number of alkyl halides is 3. The maximum absolute atomic E-state index is 13.0. The van der Waals surface area contributed by atoms with E-state index in [4.69, 9.17) is 0 Å². The molecule has 0 fully saturated rings. The Morgan fingerprint density at radius 3 is 2.57 bits per heavy atom. The first-order chi connectivity index (χ1) is 13.2. The number of aromatic nitrogens is 3. The molecular formula is C16H9BrF3N5O3. The van der Waals surface area contributed by atoms with Crippen LogP contribution in [0.3, 0.4) is 0 Å². The number of nitro benzene ring substituents is 1. The number of carbonyl (C=O) groups is 1. The second kappa shape index (κ2) is 7.38. The van der Waals surface area contributed by atoms with E-state index in [1.165, 1.54) is 30.9 Å². The molecular weight excluding hydrogens is 447 g/mol. The molecule has 8 nitrogen and oxygen atoms in total. The fourth-order valence-electron chi connectivity index (χ4n) is 2.36. The van der Waals surface area contributed by atoms with Gasteiger partial charge in [-0.2, -0.15) is 18.3 Å². The van der Waals surface area contributed by atoms with Crippen LogP contribution in [0.25, 0.3) is 5.69 Å². The normalized spacial score (nSPS) is 11.3. The topological polar surface area (TPSA) is 103 Å². The van der Waals surface area contributed by atoms with E-state index >= 15 is 0 Å². The van der Waals surface area contributed by atoms with E-state index in [1.54, 1.807) is 0 Å². The van der Waals surface area contributed by atoms with Gasteiger partial charge in [0.2, 0.25) is 0 Å².